The van der Waals surface area contributed by atoms with Crippen LogP contribution in [0.4, 0.5) is 11.9 Å². The van der Waals surface area contributed by atoms with E-state index in [1.165, 1.54) is 4.68 Å². The second-order valence-corrected chi connectivity index (χ2v) is 3.54. The molecule has 0 aliphatic heterocycles. The molecular weight excluding hydrogens is 236 g/mol. The Morgan fingerprint density at radius 2 is 2.22 bits per heavy atom. The summed E-state index contributed by atoms with van der Waals surface area (Å²) >= 11 is 0. The zero-order chi connectivity index (χ0) is 13.1. The fourth-order valence-electron chi connectivity index (χ4n) is 1.20. The van der Waals surface area contributed by atoms with E-state index in [0.717, 1.165) is 0 Å². The van der Waals surface area contributed by atoms with E-state index in [1.807, 2.05) is 0 Å². The molecule has 0 bridgehead atoms. The molecule has 94 valence electrons. The summed E-state index contributed by atoms with van der Waals surface area (Å²) in [6.45, 7) is 1.59. The van der Waals surface area contributed by atoms with Gasteiger partial charge in [0.2, 0.25) is 17.8 Å². The number of aromatic nitrogens is 5. The van der Waals surface area contributed by atoms with Gasteiger partial charge in [0.25, 0.3) is 5.95 Å². The van der Waals surface area contributed by atoms with Gasteiger partial charge >= 0.3 is 0 Å². The van der Waals surface area contributed by atoms with E-state index in [-0.39, 0.29) is 17.8 Å². The van der Waals surface area contributed by atoms with E-state index in [2.05, 4.69) is 25.4 Å². The van der Waals surface area contributed by atoms with Gasteiger partial charge in [0, 0.05) is 12.4 Å². The number of nitrogen functional groups attached to an aromatic ring is 1. The van der Waals surface area contributed by atoms with E-state index in [0.29, 0.717) is 0 Å². The van der Waals surface area contributed by atoms with Crippen LogP contribution in [0.15, 0.2) is 18.5 Å². The van der Waals surface area contributed by atoms with Gasteiger partial charge in [0.05, 0.1) is 0 Å². The van der Waals surface area contributed by atoms with Crippen LogP contribution in [0.1, 0.15) is 6.92 Å². The minimum Gasteiger partial charge on any atom is -0.368 e. The van der Waals surface area contributed by atoms with Gasteiger partial charge in [-0.2, -0.15) is 20.1 Å². The molecule has 0 aromatic carbocycles. The highest BCUT2D eigenvalue weighted by Crippen LogP contribution is 2.07. The Hall–Kier alpha value is -2.71. The Kier molecular flexibility index (Phi) is 3.04. The Morgan fingerprint density at radius 3 is 2.83 bits per heavy atom. The Balaban J connectivity index is 2.30. The molecule has 2 rings (SSSR count). The van der Waals surface area contributed by atoms with Crippen molar-refractivity contribution in [2.24, 2.45) is 5.73 Å². The fraction of sp³-hybridized carbons (Fsp3) is 0.222. The monoisotopic (exact) mass is 248 g/mol. The number of hydrogen-bond acceptors (Lipinski definition) is 7. The molecule has 0 radical (unpaired) electrons. The van der Waals surface area contributed by atoms with E-state index in [9.17, 15) is 4.79 Å². The van der Waals surface area contributed by atoms with E-state index < -0.39 is 11.9 Å². The van der Waals surface area contributed by atoms with Gasteiger partial charge in [-0.1, -0.05) is 0 Å². The van der Waals surface area contributed by atoms with Crippen LogP contribution in [-0.4, -0.2) is 36.7 Å². The summed E-state index contributed by atoms with van der Waals surface area (Å²) in [5.74, 6) is -0.0738. The molecule has 2 aromatic rings. The van der Waals surface area contributed by atoms with Crippen LogP contribution in [-0.2, 0) is 4.79 Å². The number of carbonyl (C=O) groups excluding carboxylic acids is 1. The summed E-state index contributed by atoms with van der Waals surface area (Å²) in [6, 6.07) is 1.11. The molecule has 2 heterocycles. The average molecular weight is 248 g/mol. The third-order valence-corrected chi connectivity index (χ3v) is 2.12. The largest absolute Gasteiger partial charge is 0.368 e. The van der Waals surface area contributed by atoms with Crippen LogP contribution >= 0.6 is 0 Å². The first-order chi connectivity index (χ1) is 8.56. The first kappa shape index (κ1) is 11.8. The SMILES string of the molecule is CC(Nc1nc(N)nc(-n2cccn2)n1)C(N)=O. The van der Waals surface area contributed by atoms with Crippen LogP contribution in [0, 0.1) is 0 Å². The predicted molar refractivity (Wildman–Crippen MR) is 63.6 cm³/mol. The number of nitrogens with two attached hydrogens (primary N) is 2. The molecule has 1 amide bonds. The molecule has 0 aliphatic rings. The number of carbonyl (C=O) groups is 1. The van der Waals surface area contributed by atoms with Crippen molar-refractivity contribution in [3.63, 3.8) is 0 Å². The molecule has 5 N–H and O–H groups in total. The van der Waals surface area contributed by atoms with Gasteiger partial charge in [-0.15, -0.1) is 0 Å². The molecule has 2 aromatic heterocycles. The molecule has 0 saturated carbocycles. The van der Waals surface area contributed by atoms with E-state index in [1.54, 1.807) is 25.4 Å². The lowest BCUT2D eigenvalue weighted by atomic mass is 10.3. The number of nitrogens with one attached hydrogen (secondary N) is 1. The van der Waals surface area contributed by atoms with Gasteiger partial charge < -0.3 is 16.8 Å². The smallest absolute Gasteiger partial charge is 0.257 e. The summed E-state index contributed by atoms with van der Waals surface area (Å²) in [4.78, 5) is 22.8. The van der Waals surface area contributed by atoms with Crippen LogP contribution in [0.2, 0.25) is 0 Å². The van der Waals surface area contributed by atoms with E-state index >= 15 is 0 Å². The maximum atomic E-state index is 10.9. The number of anilines is 2. The number of primary amides is 1. The summed E-state index contributed by atoms with van der Waals surface area (Å²) in [5.41, 5.74) is 10.7. The summed E-state index contributed by atoms with van der Waals surface area (Å²) in [5, 5.41) is 6.70. The van der Waals surface area contributed by atoms with Crippen LogP contribution in [0.3, 0.4) is 0 Å². The molecule has 1 unspecified atom stereocenters. The van der Waals surface area contributed by atoms with Gasteiger partial charge in [-0.3, -0.25) is 4.79 Å². The average Bonchev–Trinajstić information content (AvgIpc) is 2.81. The summed E-state index contributed by atoms with van der Waals surface area (Å²) in [6.07, 6.45) is 3.25. The Morgan fingerprint density at radius 1 is 1.44 bits per heavy atom. The van der Waals surface area contributed by atoms with Gasteiger partial charge in [0.15, 0.2) is 0 Å². The maximum Gasteiger partial charge on any atom is 0.257 e. The lowest BCUT2D eigenvalue weighted by molar-refractivity contribution is -0.118. The fourth-order valence-corrected chi connectivity index (χ4v) is 1.20. The molecule has 9 nitrogen and oxygen atoms in total. The topological polar surface area (TPSA) is 138 Å². The second-order valence-electron chi connectivity index (χ2n) is 3.54. The number of hydrogen-bond donors (Lipinski definition) is 3. The zero-order valence-corrected chi connectivity index (χ0v) is 9.61. The number of rotatable bonds is 4. The zero-order valence-electron chi connectivity index (χ0n) is 9.61. The molecule has 0 saturated heterocycles. The maximum absolute atomic E-state index is 10.9. The van der Waals surface area contributed by atoms with Crippen molar-refractivity contribution in [2.75, 3.05) is 11.1 Å². The number of nitrogens with zero attached hydrogens (tertiary/aromatic N) is 5. The van der Waals surface area contributed by atoms with Crippen molar-refractivity contribution in [3.8, 4) is 5.95 Å². The predicted octanol–water partition coefficient (Wildman–Crippen LogP) is -1.07. The van der Waals surface area contributed by atoms with Crippen molar-refractivity contribution in [1.82, 2.24) is 24.7 Å². The molecule has 1 atom stereocenters. The highest BCUT2D eigenvalue weighted by molar-refractivity contribution is 5.81. The molecule has 0 spiro atoms. The first-order valence-electron chi connectivity index (χ1n) is 5.13. The van der Waals surface area contributed by atoms with Crippen LogP contribution < -0.4 is 16.8 Å². The lowest BCUT2D eigenvalue weighted by Crippen LogP contribution is -2.33. The molecule has 0 aliphatic carbocycles. The number of amides is 1. The van der Waals surface area contributed by atoms with Gasteiger partial charge in [-0.05, 0) is 13.0 Å². The third-order valence-electron chi connectivity index (χ3n) is 2.12. The minimum atomic E-state index is -0.614. The second kappa shape index (κ2) is 4.65. The highest BCUT2D eigenvalue weighted by atomic mass is 16.1. The highest BCUT2D eigenvalue weighted by Gasteiger charge is 2.12. The van der Waals surface area contributed by atoms with Crippen molar-refractivity contribution in [1.29, 1.82) is 0 Å². The van der Waals surface area contributed by atoms with Gasteiger partial charge in [0.1, 0.15) is 6.04 Å². The quantitative estimate of drug-likeness (QED) is 0.625. The van der Waals surface area contributed by atoms with Crippen molar-refractivity contribution in [3.05, 3.63) is 18.5 Å². The summed E-state index contributed by atoms with van der Waals surface area (Å²) in [7, 11) is 0. The van der Waals surface area contributed by atoms with Crippen molar-refractivity contribution in [2.45, 2.75) is 13.0 Å². The Labute approximate surface area is 102 Å². The molecule has 0 fully saturated rings. The lowest BCUT2D eigenvalue weighted by Gasteiger charge is -2.10. The molecular formula is C9H12N8O. The van der Waals surface area contributed by atoms with Crippen LogP contribution in [0.25, 0.3) is 5.95 Å². The van der Waals surface area contributed by atoms with Crippen molar-refractivity contribution < 1.29 is 4.79 Å². The molecule has 9 heteroatoms. The summed E-state index contributed by atoms with van der Waals surface area (Å²) < 4.78 is 1.43. The third kappa shape index (κ3) is 2.51. The first-order valence-corrected chi connectivity index (χ1v) is 5.13. The van der Waals surface area contributed by atoms with E-state index in [4.69, 9.17) is 11.5 Å². The normalized spacial score (nSPS) is 12.1. The van der Waals surface area contributed by atoms with Crippen molar-refractivity contribution >= 4 is 17.8 Å². The Bertz CT molecular complexity index is 552. The van der Waals surface area contributed by atoms with Crippen LogP contribution in [0.5, 0.6) is 0 Å². The standard InChI is InChI=1S/C9H12N8O/c1-5(6(10)18)13-8-14-7(11)15-9(16-8)17-4-2-3-12-17/h2-5H,1H3,(H2,10,18)(H3,11,13,14,15,16). The minimum absolute atomic E-state index is 0.0228. The molecule has 18 heavy (non-hydrogen) atoms. The van der Waals surface area contributed by atoms with Gasteiger partial charge in [-0.25, -0.2) is 4.68 Å².